The van der Waals surface area contributed by atoms with Gasteiger partial charge in [-0.05, 0) is 63.3 Å². The largest absolute Gasteiger partial charge is 0.292 e. The fraction of sp³-hybridized carbons (Fsp3) is 0. The topological polar surface area (TPSA) is 56.5 Å². The van der Waals surface area contributed by atoms with E-state index in [9.17, 15) is 0 Å². The Morgan fingerprint density at radius 2 is 0.843 bits per heavy atom. The van der Waals surface area contributed by atoms with Crippen LogP contribution in [-0.4, -0.2) is 24.5 Å². The minimum atomic E-state index is 0.609. The number of para-hydroxylation sites is 3. The molecule has 8 aromatic carbocycles. The molecule has 5 heteroatoms. The summed E-state index contributed by atoms with van der Waals surface area (Å²) in [6.07, 6.45) is 0. The molecule has 0 saturated heterocycles. The highest BCUT2D eigenvalue weighted by molar-refractivity contribution is 6.28. The molecule has 0 amide bonds. The summed E-state index contributed by atoms with van der Waals surface area (Å²) in [4.78, 5) is 20.8. The summed E-state index contributed by atoms with van der Waals surface area (Å²) in [5.41, 5.74) is 6.78. The van der Waals surface area contributed by atoms with E-state index in [0.29, 0.717) is 17.5 Å². The van der Waals surface area contributed by atoms with Crippen molar-refractivity contribution in [3.05, 3.63) is 176 Å². The van der Waals surface area contributed by atoms with Crippen LogP contribution in [0.3, 0.4) is 0 Å². The van der Waals surface area contributed by atoms with Crippen molar-refractivity contribution in [2.75, 3.05) is 0 Å². The lowest BCUT2D eigenvalue weighted by atomic mass is 9.90. The van der Waals surface area contributed by atoms with Crippen LogP contribution >= 0.6 is 0 Å². The van der Waals surface area contributed by atoms with Gasteiger partial charge in [-0.15, -0.1) is 0 Å². The first-order valence-electron chi connectivity index (χ1n) is 17.1. The van der Waals surface area contributed by atoms with Crippen LogP contribution in [0.5, 0.6) is 0 Å². The summed E-state index contributed by atoms with van der Waals surface area (Å²) in [5.74, 6) is 2.71. The van der Waals surface area contributed by atoms with Crippen molar-refractivity contribution in [3.63, 3.8) is 0 Å². The highest BCUT2D eigenvalue weighted by Gasteiger charge is 2.22. The van der Waals surface area contributed by atoms with E-state index in [2.05, 4.69) is 108 Å². The molecule has 2 heterocycles. The van der Waals surface area contributed by atoms with Crippen molar-refractivity contribution in [1.29, 1.82) is 0 Å². The first-order valence-corrected chi connectivity index (χ1v) is 17.1. The van der Waals surface area contributed by atoms with Crippen LogP contribution in [0.1, 0.15) is 0 Å². The summed E-state index contributed by atoms with van der Waals surface area (Å²) in [6, 6.07) is 60.9. The number of aromatic nitrogens is 5. The third-order valence-corrected chi connectivity index (χ3v) is 9.62. The van der Waals surface area contributed by atoms with Gasteiger partial charge in [0, 0.05) is 33.3 Å². The molecule has 238 valence electrons. The highest BCUT2D eigenvalue weighted by Crippen LogP contribution is 2.43. The smallest absolute Gasteiger partial charge is 0.164 e. The number of rotatable bonds is 5. The van der Waals surface area contributed by atoms with E-state index in [1.165, 1.54) is 10.8 Å². The van der Waals surface area contributed by atoms with Gasteiger partial charge >= 0.3 is 0 Å². The quantitative estimate of drug-likeness (QED) is 0.174. The maximum atomic E-state index is 5.28. The monoisotopic (exact) mass is 651 g/mol. The normalized spacial score (nSPS) is 11.5. The molecule has 0 saturated carbocycles. The van der Waals surface area contributed by atoms with Gasteiger partial charge < -0.3 is 0 Å². The lowest BCUT2D eigenvalue weighted by Gasteiger charge is -2.17. The second kappa shape index (κ2) is 11.9. The molecule has 0 unspecified atom stereocenters. The van der Waals surface area contributed by atoms with Crippen molar-refractivity contribution in [2.24, 2.45) is 0 Å². The van der Waals surface area contributed by atoms with Gasteiger partial charge in [0.15, 0.2) is 17.5 Å². The van der Waals surface area contributed by atoms with Crippen molar-refractivity contribution < 1.29 is 0 Å². The van der Waals surface area contributed by atoms with E-state index in [4.69, 9.17) is 19.9 Å². The van der Waals surface area contributed by atoms with Gasteiger partial charge in [0.05, 0.1) is 11.0 Å². The van der Waals surface area contributed by atoms with E-state index in [0.717, 1.165) is 66.3 Å². The van der Waals surface area contributed by atoms with Crippen LogP contribution < -0.4 is 0 Å². The standard InChI is InChI=1S/C46H29N5/c1-4-16-30(17-5-1)43-48-44(31-18-6-2-7-19-31)50-45(49-43)39-29-32(46-47-40-26-14-15-27-41(40)51(46)33-20-8-3-9-21-33)28-38-36-24-11-10-22-34(36)35-23-12-13-25-37(35)42(38)39/h1-29H. The molecular formula is C46H29N5. The molecule has 10 rings (SSSR count). The zero-order chi connectivity index (χ0) is 33.7. The molecule has 0 aliphatic rings. The molecule has 0 bridgehead atoms. The second-order valence-electron chi connectivity index (χ2n) is 12.7. The predicted octanol–water partition coefficient (Wildman–Crippen LogP) is 11.3. The van der Waals surface area contributed by atoms with Crippen molar-refractivity contribution in [2.45, 2.75) is 0 Å². The van der Waals surface area contributed by atoms with E-state index in [1.807, 2.05) is 72.8 Å². The number of hydrogen-bond donors (Lipinski definition) is 0. The van der Waals surface area contributed by atoms with E-state index >= 15 is 0 Å². The van der Waals surface area contributed by atoms with Crippen LogP contribution in [0.25, 0.3) is 94.6 Å². The molecule has 0 N–H and O–H groups in total. The van der Waals surface area contributed by atoms with Crippen molar-refractivity contribution in [3.8, 4) is 51.2 Å². The number of nitrogens with zero attached hydrogens (tertiary/aromatic N) is 5. The maximum Gasteiger partial charge on any atom is 0.164 e. The number of imidazole rings is 1. The van der Waals surface area contributed by atoms with Gasteiger partial charge in [-0.3, -0.25) is 4.57 Å². The minimum absolute atomic E-state index is 0.609. The summed E-state index contributed by atoms with van der Waals surface area (Å²) < 4.78 is 2.25. The summed E-state index contributed by atoms with van der Waals surface area (Å²) >= 11 is 0. The fourth-order valence-electron chi connectivity index (χ4n) is 7.33. The van der Waals surface area contributed by atoms with Gasteiger partial charge in [-0.2, -0.15) is 0 Å². The molecule has 0 aliphatic carbocycles. The molecule has 0 fully saturated rings. The third kappa shape index (κ3) is 4.86. The van der Waals surface area contributed by atoms with Gasteiger partial charge in [0.2, 0.25) is 0 Å². The predicted molar refractivity (Wildman–Crippen MR) is 209 cm³/mol. The lowest BCUT2D eigenvalue weighted by molar-refractivity contribution is 1.07. The molecule has 0 atom stereocenters. The Kier molecular flexibility index (Phi) is 6.74. The Morgan fingerprint density at radius 1 is 0.353 bits per heavy atom. The third-order valence-electron chi connectivity index (χ3n) is 9.62. The van der Waals surface area contributed by atoms with E-state index in [1.54, 1.807) is 0 Å². The molecule has 5 nitrogen and oxygen atoms in total. The zero-order valence-electron chi connectivity index (χ0n) is 27.5. The Morgan fingerprint density at radius 3 is 1.49 bits per heavy atom. The molecule has 10 aromatic rings. The Balaban J connectivity index is 1.37. The summed E-state index contributed by atoms with van der Waals surface area (Å²) in [7, 11) is 0. The Bertz CT molecular complexity index is 2840. The molecule has 0 spiro atoms. The summed E-state index contributed by atoms with van der Waals surface area (Å²) in [6.45, 7) is 0. The highest BCUT2D eigenvalue weighted by atomic mass is 15.1. The van der Waals surface area contributed by atoms with E-state index < -0.39 is 0 Å². The molecular weight excluding hydrogens is 623 g/mol. The lowest BCUT2D eigenvalue weighted by Crippen LogP contribution is -2.02. The number of hydrogen-bond acceptors (Lipinski definition) is 4. The van der Waals surface area contributed by atoms with Gasteiger partial charge in [0.25, 0.3) is 0 Å². The molecule has 51 heavy (non-hydrogen) atoms. The van der Waals surface area contributed by atoms with Crippen LogP contribution in [0.15, 0.2) is 176 Å². The summed E-state index contributed by atoms with van der Waals surface area (Å²) in [5, 5.41) is 6.91. The van der Waals surface area contributed by atoms with Crippen LogP contribution in [0, 0.1) is 0 Å². The van der Waals surface area contributed by atoms with Gasteiger partial charge in [-0.1, -0.05) is 140 Å². The van der Waals surface area contributed by atoms with Crippen molar-refractivity contribution in [1.82, 2.24) is 24.5 Å². The van der Waals surface area contributed by atoms with Gasteiger partial charge in [0.1, 0.15) is 5.82 Å². The number of benzene rings is 8. The Hall–Kier alpha value is -6.98. The van der Waals surface area contributed by atoms with Crippen LogP contribution in [-0.2, 0) is 0 Å². The fourth-order valence-corrected chi connectivity index (χ4v) is 7.33. The minimum Gasteiger partial charge on any atom is -0.292 e. The zero-order valence-corrected chi connectivity index (χ0v) is 27.5. The average molecular weight is 652 g/mol. The molecule has 0 radical (unpaired) electrons. The second-order valence-corrected chi connectivity index (χ2v) is 12.7. The van der Waals surface area contributed by atoms with Crippen molar-refractivity contribution >= 4 is 43.4 Å². The first kappa shape index (κ1) is 29.0. The Labute approximate surface area is 294 Å². The van der Waals surface area contributed by atoms with Crippen LogP contribution in [0.2, 0.25) is 0 Å². The number of fused-ring (bicyclic) bond motifs is 7. The SMILES string of the molecule is c1ccc(-c2nc(-c3ccccc3)nc(-c3cc(-c4nc5ccccc5n4-c4ccccc4)cc4c5ccccc5c5ccccc5c34)n2)cc1. The van der Waals surface area contributed by atoms with E-state index in [-0.39, 0.29) is 0 Å². The van der Waals surface area contributed by atoms with Gasteiger partial charge in [-0.25, -0.2) is 19.9 Å². The molecule has 0 aliphatic heterocycles. The van der Waals surface area contributed by atoms with Crippen LogP contribution in [0.4, 0.5) is 0 Å². The maximum absolute atomic E-state index is 5.28. The average Bonchev–Trinajstić information content (AvgIpc) is 3.61. The first-order chi connectivity index (χ1) is 25.3. The molecule has 2 aromatic heterocycles.